The first-order chi connectivity index (χ1) is 9.56. The summed E-state index contributed by atoms with van der Waals surface area (Å²) in [5, 5.41) is 0. The average Bonchev–Trinajstić information content (AvgIpc) is 3.00. The van der Waals surface area contributed by atoms with Crippen molar-refractivity contribution in [3.8, 4) is 0 Å². The fourth-order valence-electron chi connectivity index (χ4n) is 3.41. The molecule has 2 aliphatic rings. The third kappa shape index (κ3) is 3.08. The summed E-state index contributed by atoms with van der Waals surface area (Å²) in [7, 11) is 4.34. The summed E-state index contributed by atoms with van der Waals surface area (Å²) in [4.78, 5) is 7.82. The molecule has 3 rings (SSSR count). The van der Waals surface area contributed by atoms with E-state index >= 15 is 0 Å². The van der Waals surface area contributed by atoms with E-state index in [4.69, 9.17) is 4.74 Å². The molecule has 2 saturated heterocycles. The standard InChI is InChI=1S/C16H26N2OS/c1-13-4-5-15(20-13)11-18-8-6-16(7-9-18)10-14(12-19-16)17(2)3/h4-5,14H,6-12H2,1-3H3/t14-/m0/s1. The molecule has 1 aromatic rings. The first-order valence-corrected chi connectivity index (χ1v) is 8.46. The molecule has 0 unspecified atom stereocenters. The summed E-state index contributed by atoms with van der Waals surface area (Å²) in [5.41, 5.74) is 0.177. The minimum Gasteiger partial charge on any atom is -0.373 e. The van der Waals surface area contributed by atoms with Gasteiger partial charge in [0.25, 0.3) is 0 Å². The van der Waals surface area contributed by atoms with Gasteiger partial charge in [0.05, 0.1) is 12.2 Å². The van der Waals surface area contributed by atoms with Crippen LogP contribution in [0.2, 0.25) is 0 Å². The Balaban J connectivity index is 1.52. The average molecular weight is 294 g/mol. The Bertz CT molecular complexity index is 449. The van der Waals surface area contributed by atoms with E-state index in [9.17, 15) is 0 Å². The van der Waals surface area contributed by atoms with Crippen molar-refractivity contribution >= 4 is 11.3 Å². The lowest BCUT2D eigenvalue weighted by Crippen LogP contribution is -2.44. The maximum Gasteiger partial charge on any atom is 0.0723 e. The molecule has 0 amide bonds. The molecule has 3 heterocycles. The van der Waals surface area contributed by atoms with Crippen LogP contribution in [-0.2, 0) is 11.3 Å². The highest BCUT2D eigenvalue weighted by Crippen LogP contribution is 2.37. The first kappa shape index (κ1) is 14.5. The molecular formula is C16H26N2OS. The Kier molecular flexibility index (Phi) is 4.18. The Morgan fingerprint density at radius 3 is 2.65 bits per heavy atom. The van der Waals surface area contributed by atoms with Crippen LogP contribution in [0.3, 0.4) is 0 Å². The number of piperidine rings is 1. The minimum absolute atomic E-state index is 0.177. The molecule has 3 nitrogen and oxygen atoms in total. The first-order valence-electron chi connectivity index (χ1n) is 7.64. The lowest BCUT2D eigenvalue weighted by Gasteiger charge is -2.38. The fraction of sp³-hybridized carbons (Fsp3) is 0.750. The van der Waals surface area contributed by atoms with Crippen molar-refractivity contribution in [2.45, 2.75) is 44.4 Å². The molecule has 4 heteroatoms. The zero-order valence-corrected chi connectivity index (χ0v) is 13.7. The van der Waals surface area contributed by atoms with Crippen LogP contribution in [0.25, 0.3) is 0 Å². The third-order valence-corrected chi connectivity index (χ3v) is 5.85. The molecule has 1 aromatic heterocycles. The van der Waals surface area contributed by atoms with Crippen molar-refractivity contribution < 1.29 is 4.74 Å². The number of thiophene rings is 1. The quantitative estimate of drug-likeness (QED) is 0.852. The highest BCUT2D eigenvalue weighted by Gasteiger charge is 2.43. The monoisotopic (exact) mass is 294 g/mol. The van der Waals surface area contributed by atoms with Gasteiger partial charge in [0, 0.05) is 35.4 Å². The smallest absolute Gasteiger partial charge is 0.0723 e. The predicted octanol–water partition coefficient (Wildman–Crippen LogP) is 2.74. The van der Waals surface area contributed by atoms with Crippen LogP contribution >= 0.6 is 11.3 Å². The van der Waals surface area contributed by atoms with Gasteiger partial charge in [-0.25, -0.2) is 0 Å². The summed E-state index contributed by atoms with van der Waals surface area (Å²) < 4.78 is 6.19. The van der Waals surface area contributed by atoms with Crippen molar-refractivity contribution in [1.82, 2.24) is 9.80 Å². The number of aryl methyl sites for hydroxylation is 1. The zero-order chi connectivity index (χ0) is 14.2. The maximum atomic E-state index is 6.19. The summed E-state index contributed by atoms with van der Waals surface area (Å²) in [5.74, 6) is 0. The fourth-order valence-corrected chi connectivity index (χ4v) is 4.34. The van der Waals surface area contributed by atoms with Crippen LogP contribution in [-0.4, -0.2) is 55.2 Å². The molecule has 1 atom stereocenters. The normalized spacial score (nSPS) is 26.7. The third-order valence-electron chi connectivity index (χ3n) is 4.86. The molecule has 0 saturated carbocycles. The van der Waals surface area contributed by atoms with E-state index in [-0.39, 0.29) is 5.60 Å². The molecule has 20 heavy (non-hydrogen) atoms. The summed E-state index contributed by atoms with van der Waals surface area (Å²) in [6, 6.07) is 5.12. The van der Waals surface area contributed by atoms with Gasteiger partial charge >= 0.3 is 0 Å². The van der Waals surface area contributed by atoms with Gasteiger partial charge in [-0.2, -0.15) is 0 Å². The van der Waals surface area contributed by atoms with Gasteiger partial charge in [0.15, 0.2) is 0 Å². The molecule has 0 aliphatic carbocycles. The highest BCUT2D eigenvalue weighted by molar-refractivity contribution is 7.11. The van der Waals surface area contributed by atoms with Crippen molar-refractivity contribution in [3.05, 3.63) is 21.9 Å². The second kappa shape index (κ2) is 5.76. The van der Waals surface area contributed by atoms with Crippen LogP contribution in [0.4, 0.5) is 0 Å². The second-order valence-corrected chi connectivity index (χ2v) is 7.98. The summed E-state index contributed by atoms with van der Waals surface area (Å²) in [6.07, 6.45) is 3.61. The van der Waals surface area contributed by atoms with E-state index in [1.807, 2.05) is 11.3 Å². The van der Waals surface area contributed by atoms with Crippen LogP contribution in [0.1, 0.15) is 29.0 Å². The van der Waals surface area contributed by atoms with E-state index < -0.39 is 0 Å². The SMILES string of the molecule is Cc1ccc(CN2CCC3(CC2)C[C@H](N(C)C)CO3)s1. The van der Waals surface area contributed by atoms with Gasteiger partial charge < -0.3 is 9.64 Å². The number of hydrogen-bond donors (Lipinski definition) is 0. The molecule has 0 radical (unpaired) electrons. The Hall–Kier alpha value is -0.420. The highest BCUT2D eigenvalue weighted by atomic mass is 32.1. The van der Waals surface area contributed by atoms with Crippen molar-refractivity contribution in [2.24, 2.45) is 0 Å². The molecule has 1 spiro atoms. The van der Waals surface area contributed by atoms with Crippen LogP contribution in [0.15, 0.2) is 12.1 Å². The van der Waals surface area contributed by atoms with E-state index in [0.29, 0.717) is 6.04 Å². The number of likely N-dealkylation sites (tertiary alicyclic amines) is 1. The topological polar surface area (TPSA) is 15.7 Å². The van der Waals surface area contributed by atoms with Gasteiger partial charge in [-0.3, -0.25) is 4.90 Å². The lowest BCUT2D eigenvalue weighted by atomic mass is 9.87. The van der Waals surface area contributed by atoms with E-state index in [1.54, 1.807) is 0 Å². The van der Waals surface area contributed by atoms with Gasteiger partial charge in [0.1, 0.15) is 0 Å². The van der Waals surface area contributed by atoms with Gasteiger partial charge in [0.2, 0.25) is 0 Å². The van der Waals surface area contributed by atoms with E-state index in [0.717, 1.165) is 13.2 Å². The number of ether oxygens (including phenoxy) is 1. The van der Waals surface area contributed by atoms with Crippen molar-refractivity contribution in [3.63, 3.8) is 0 Å². The Morgan fingerprint density at radius 1 is 1.35 bits per heavy atom. The lowest BCUT2D eigenvalue weighted by molar-refractivity contribution is -0.0450. The van der Waals surface area contributed by atoms with E-state index in [1.165, 1.54) is 42.1 Å². The summed E-state index contributed by atoms with van der Waals surface area (Å²) in [6.45, 7) is 6.57. The predicted molar refractivity (Wildman–Crippen MR) is 84.3 cm³/mol. The number of rotatable bonds is 3. The Labute approximate surface area is 126 Å². The molecular weight excluding hydrogens is 268 g/mol. The van der Waals surface area contributed by atoms with Crippen LogP contribution < -0.4 is 0 Å². The Morgan fingerprint density at radius 2 is 2.10 bits per heavy atom. The van der Waals surface area contributed by atoms with Crippen molar-refractivity contribution in [2.75, 3.05) is 33.8 Å². The van der Waals surface area contributed by atoms with Gasteiger partial charge in [-0.1, -0.05) is 0 Å². The zero-order valence-electron chi connectivity index (χ0n) is 12.9. The molecule has 112 valence electrons. The maximum absolute atomic E-state index is 6.19. The molecule has 2 aliphatic heterocycles. The number of nitrogens with zero attached hydrogens (tertiary/aromatic N) is 2. The largest absolute Gasteiger partial charge is 0.373 e. The molecule has 0 bridgehead atoms. The summed E-state index contributed by atoms with van der Waals surface area (Å²) >= 11 is 1.93. The van der Waals surface area contributed by atoms with Crippen molar-refractivity contribution in [1.29, 1.82) is 0 Å². The van der Waals surface area contributed by atoms with Crippen LogP contribution in [0, 0.1) is 6.92 Å². The van der Waals surface area contributed by atoms with Crippen LogP contribution in [0.5, 0.6) is 0 Å². The molecule has 0 aromatic carbocycles. The van der Waals surface area contributed by atoms with Gasteiger partial charge in [-0.15, -0.1) is 11.3 Å². The van der Waals surface area contributed by atoms with E-state index in [2.05, 4.69) is 43.0 Å². The number of likely N-dealkylation sites (N-methyl/N-ethyl adjacent to an activating group) is 1. The second-order valence-electron chi connectivity index (χ2n) is 6.60. The number of hydrogen-bond acceptors (Lipinski definition) is 4. The minimum atomic E-state index is 0.177. The van der Waals surface area contributed by atoms with Gasteiger partial charge in [-0.05, 0) is 52.4 Å². The molecule has 0 N–H and O–H groups in total. The molecule has 2 fully saturated rings.